The maximum Gasteiger partial charge on any atom is 0.345 e. The summed E-state index contributed by atoms with van der Waals surface area (Å²) in [5.74, 6) is 0. The van der Waals surface area contributed by atoms with Crippen LogP contribution in [0.15, 0.2) is 128 Å². The Labute approximate surface area is 332 Å². The summed E-state index contributed by atoms with van der Waals surface area (Å²) >= 11 is 1.60. The van der Waals surface area contributed by atoms with E-state index in [9.17, 15) is 9.59 Å². The van der Waals surface area contributed by atoms with Gasteiger partial charge >= 0.3 is 11.3 Å². The van der Waals surface area contributed by atoms with Gasteiger partial charge in [0.15, 0.2) is 0 Å². The van der Waals surface area contributed by atoms with Crippen molar-refractivity contribution in [3.8, 4) is 43.4 Å². The molecule has 4 aromatic carbocycles. The Hall–Kier alpha value is -6.58. The molecule has 0 aliphatic rings. The van der Waals surface area contributed by atoms with Crippen LogP contribution in [0.5, 0.6) is 0 Å². The van der Waals surface area contributed by atoms with Gasteiger partial charge in [-0.2, -0.15) is 0 Å². The molecule has 0 spiro atoms. The highest BCUT2D eigenvalue weighted by Gasteiger charge is 2.23. The summed E-state index contributed by atoms with van der Waals surface area (Å²) in [6.45, 7) is 8.03. The van der Waals surface area contributed by atoms with Gasteiger partial charge in [0, 0.05) is 61.6 Å². The lowest BCUT2D eigenvalue weighted by atomic mass is 10.0. The normalized spacial score (nSPS) is 12.0. The predicted octanol–water partition coefficient (Wildman–Crippen LogP) is 11.3. The van der Waals surface area contributed by atoms with Gasteiger partial charge in [0.1, 0.15) is 11.2 Å². The Bertz CT molecular complexity index is 3380. The largest absolute Gasteiger partial charge is 0.422 e. The van der Waals surface area contributed by atoms with Gasteiger partial charge in [-0.25, -0.2) is 9.59 Å². The third-order valence-electron chi connectivity index (χ3n) is 11.8. The molecular weight excluding hydrogens is 729 g/mol. The first-order chi connectivity index (χ1) is 27.6. The molecule has 57 heavy (non-hydrogen) atoms. The van der Waals surface area contributed by atoms with Crippen molar-refractivity contribution in [2.75, 3.05) is 18.0 Å². The lowest BCUT2D eigenvalue weighted by Gasteiger charge is -2.21. The van der Waals surface area contributed by atoms with Crippen LogP contribution in [0, 0.1) is 6.92 Å². The third kappa shape index (κ3) is 5.33. The second kappa shape index (κ2) is 13.0. The molecule has 0 atom stereocenters. The molecule has 0 saturated carbocycles. The second-order valence-electron chi connectivity index (χ2n) is 14.9. The van der Waals surface area contributed by atoms with E-state index >= 15 is 0 Å². The maximum atomic E-state index is 13.5. The first-order valence-electron chi connectivity index (χ1n) is 19.3. The molecule has 282 valence electrons. The molecule has 0 aliphatic carbocycles. The van der Waals surface area contributed by atoms with Gasteiger partial charge in [0.25, 0.3) is 0 Å². The highest BCUT2D eigenvalue weighted by atomic mass is 32.1. The highest BCUT2D eigenvalue weighted by molar-refractivity contribution is 7.18. The molecule has 10 aromatic rings. The Kier molecular flexibility index (Phi) is 7.95. The molecule has 8 nitrogen and oxygen atoms in total. The Morgan fingerprint density at radius 2 is 1.26 bits per heavy atom. The van der Waals surface area contributed by atoms with Gasteiger partial charge in [-0.3, -0.25) is 0 Å². The van der Waals surface area contributed by atoms with E-state index in [0.29, 0.717) is 22.3 Å². The summed E-state index contributed by atoms with van der Waals surface area (Å²) in [4.78, 5) is 31.1. The zero-order chi connectivity index (χ0) is 39.3. The number of thiophene rings is 1. The smallest absolute Gasteiger partial charge is 0.345 e. The van der Waals surface area contributed by atoms with Gasteiger partial charge in [-0.15, -0.1) is 11.3 Å². The lowest BCUT2D eigenvalue weighted by molar-refractivity contribution is 0.562. The highest BCUT2D eigenvalue weighted by Crippen LogP contribution is 2.42. The lowest BCUT2D eigenvalue weighted by Crippen LogP contribution is -2.21. The van der Waals surface area contributed by atoms with Gasteiger partial charge in [0.05, 0.1) is 49.5 Å². The minimum Gasteiger partial charge on any atom is -0.422 e. The van der Waals surface area contributed by atoms with E-state index in [1.165, 1.54) is 0 Å². The predicted molar refractivity (Wildman–Crippen MR) is 236 cm³/mol. The van der Waals surface area contributed by atoms with Crippen molar-refractivity contribution in [1.82, 2.24) is 13.7 Å². The van der Waals surface area contributed by atoms with E-state index in [1.807, 2.05) is 61.5 Å². The first kappa shape index (κ1) is 34.9. The number of nitrogens with zero attached hydrogens (tertiary/aromatic N) is 4. The molecule has 6 aromatic heterocycles. The van der Waals surface area contributed by atoms with Gasteiger partial charge in [-0.1, -0.05) is 42.5 Å². The molecule has 0 saturated heterocycles. The maximum absolute atomic E-state index is 13.5. The van der Waals surface area contributed by atoms with Crippen molar-refractivity contribution in [2.24, 2.45) is 21.1 Å². The van der Waals surface area contributed by atoms with E-state index in [0.717, 1.165) is 100 Å². The van der Waals surface area contributed by atoms with Crippen LogP contribution in [0.1, 0.15) is 19.4 Å². The van der Waals surface area contributed by atoms with Crippen LogP contribution in [-0.2, 0) is 21.1 Å². The molecular formula is C48H40N4O4S. The molecule has 0 unspecified atom stereocenters. The SMILES string of the molecule is CCN(CC)c1ccc2c(C)c(-c3ccc(-c4cc5c(c6c(cc(-c7cccc(-c8cc9cc%10ccccc%10cc9oc8=O)c7)n6C)n5C)n4C)s3)c(=O)oc2c1. The zero-order valence-corrected chi connectivity index (χ0v) is 33.5. The van der Waals surface area contributed by atoms with Crippen LogP contribution in [-0.4, -0.2) is 26.8 Å². The van der Waals surface area contributed by atoms with Gasteiger partial charge in [-0.05, 0) is 109 Å². The van der Waals surface area contributed by atoms with Crippen molar-refractivity contribution in [2.45, 2.75) is 20.8 Å². The molecule has 0 amide bonds. The Morgan fingerprint density at radius 3 is 2.02 bits per heavy atom. The van der Waals surface area contributed by atoms with Crippen LogP contribution >= 0.6 is 11.3 Å². The molecule has 0 bridgehead atoms. The number of hydrogen-bond donors (Lipinski definition) is 0. The molecule has 0 N–H and O–H groups in total. The standard InChI is InChI=1S/C48H40N4O4S/c1-7-52(8-2)33-16-17-34-27(3)44(48(54)56-41(34)24-33)43-19-18-42(57-43)37-26-39-46(51(37)6)45-38(49(39)4)25-36(50(45)5)31-15-11-14-30(21-31)35-22-32-20-28-12-9-10-13-29(28)23-40(32)55-47(35)53/h9-26H,7-8H2,1-6H3. The third-order valence-corrected chi connectivity index (χ3v) is 13.0. The van der Waals surface area contributed by atoms with Crippen LogP contribution < -0.4 is 16.2 Å². The van der Waals surface area contributed by atoms with Crippen molar-refractivity contribution in [3.05, 3.63) is 136 Å². The zero-order valence-electron chi connectivity index (χ0n) is 32.6. The van der Waals surface area contributed by atoms with Crippen molar-refractivity contribution in [3.63, 3.8) is 0 Å². The summed E-state index contributed by atoms with van der Waals surface area (Å²) in [5.41, 5.74) is 12.0. The van der Waals surface area contributed by atoms with E-state index in [4.69, 9.17) is 8.83 Å². The molecule has 0 fully saturated rings. The molecule has 6 heterocycles. The molecule has 9 heteroatoms. The summed E-state index contributed by atoms with van der Waals surface area (Å²) in [5, 5.41) is 3.97. The van der Waals surface area contributed by atoms with E-state index in [2.05, 4.69) is 108 Å². The number of benzene rings is 4. The molecule has 10 rings (SSSR count). The minimum atomic E-state index is -0.358. The number of aryl methyl sites for hydroxylation is 4. The summed E-state index contributed by atoms with van der Waals surface area (Å²) in [6.07, 6.45) is 0. The number of anilines is 1. The fourth-order valence-corrected chi connectivity index (χ4v) is 9.92. The van der Waals surface area contributed by atoms with E-state index in [1.54, 1.807) is 11.3 Å². The van der Waals surface area contributed by atoms with Crippen LogP contribution in [0.4, 0.5) is 5.69 Å². The Morgan fingerprint density at radius 1 is 0.596 bits per heavy atom. The summed E-state index contributed by atoms with van der Waals surface area (Å²) in [7, 11) is 6.31. The second-order valence-corrected chi connectivity index (χ2v) is 16.0. The fraction of sp³-hybridized carbons (Fsp3) is 0.167. The topological polar surface area (TPSA) is 78.5 Å². The number of hydrogen-bond acceptors (Lipinski definition) is 6. The van der Waals surface area contributed by atoms with Gasteiger partial charge in [0.2, 0.25) is 0 Å². The number of aromatic nitrogens is 3. The quantitative estimate of drug-likeness (QED) is 0.119. The van der Waals surface area contributed by atoms with Crippen LogP contribution in [0.2, 0.25) is 0 Å². The van der Waals surface area contributed by atoms with Crippen molar-refractivity contribution >= 4 is 71.8 Å². The van der Waals surface area contributed by atoms with Crippen LogP contribution in [0.25, 0.3) is 98.2 Å². The van der Waals surface area contributed by atoms with E-state index < -0.39 is 0 Å². The number of fused-ring (bicyclic) bond motifs is 6. The Balaban J connectivity index is 1.03. The molecule has 0 radical (unpaired) electrons. The molecule has 0 aliphatic heterocycles. The first-order valence-corrected chi connectivity index (χ1v) is 20.1. The van der Waals surface area contributed by atoms with Crippen molar-refractivity contribution < 1.29 is 8.83 Å². The summed E-state index contributed by atoms with van der Waals surface area (Å²) in [6, 6.07) is 36.9. The minimum absolute atomic E-state index is 0.320. The summed E-state index contributed by atoms with van der Waals surface area (Å²) < 4.78 is 18.6. The van der Waals surface area contributed by atoms with E-state index in [-0.39, 0.29) is 11.3 Å². The fourth-order valence-electron chi connectivity index (χ4n) is 8.77. The van der Waals surface area contributed by atoms with Crippen molar-refractivity contribution in [1.29, 1.82) is 0 Å². The average Bonchev–Trinajstić information content (AvgIpc) is 3.97. The monoisotopic (exact) mass is 768 g/mol. The van der Waals surface area contributed by atoms with Gasteiger partial charge < -0.3 is 27.4 Å². The average molecular weight is 769 g/mol. The number of rotatable bonds is 7. The van der Waals surface area contributed by atoms with Crippen LogP contribution in [0.3, 0.4) is 0 Å².